The SMILES string of the molecule is CN1C(=O)[C@@H](NC(=O)c2cccc(Cc3ccccc3)c2)CSc2cc3c(cc21)C=CC3. The molecule has 1 heterocycles. The molecule has 160 valence electrons. The molecule has 5 heteroatoms. The standard InChI is InChI=1S/C27H24N2O2S/c1-29-24-15-20-10-6-11-21(20)16-25(24)32-17-23(27(29)31)28-26(30)22-12-5-9-19(14-22)13-18-7-3-2-4-8-18/h2-10,12,14-16,23H,11,13,17H2,1H3,(H,28,30)/t23-/m0/s1. The van der Waals surface area contributed by atoms with Gasteiger partial charge in [-0.1, -0.05) is 54.6 Å². The highest BCUT2D eigenvalue weighted by atomic mass is 32.2. The highest BCUT2D eigenvalue weighted by Crippen LogP contribution is 2.38. The normalized spacial score (nSPS) is 17.0. The number of carbonyl (C=O) groups is 2. The number of amides is 2. The van der Waals surface area contributed by atoms with Crippen LogP contribution in [0, 0.1) is 0 Å². The fourth-order valence-electron chi connectivity index (χ4n) is 4.25. The quantitative estimate of drug-likeness (QED) is 0.639. The van der Waals surface area contributed by atoms with Crippen molar-refractivity contribution in [3.05, 3.63) is 101 Å². The van der Waals surface area contributed by atoms with Crippen molar-refractivity contribution >= 4 is 35.3 Å². The Morgan fingerprint density at radius 2 is 1.88 bits per heavy atom. The molecule has 0 bridgehead atoms. The molecule has 1 atom stereocenters. The number of anilines is 1. The molecule has 1 aliphatic heterocycles. The average molecular weight is 441 g/mol. The van der Waals surface area contributed by atoms with E-state index in [1.807, 2.05) is 36.4 Å². The molecule has 0 saturated carbocycles. The molecule has 2 aliphatic rings. The number of nitrogens with one attached hydrogen (secondary N) is 1. The third-order valence-electron chi connectivity index (χ3n) is 6.00. The largest absolute Gasteiger partial charge is 0.339 e. The number of benzene rings is 3. The Kier molecular flexibility index (Phi) is 5.58. The van der Waals surface area contributed by atoms with Crippen molar-refractivity contribution in [2.24, 2.45) is 0 Å². The van der Waals surface area contributed by atoms with Crippen LogP contribution in [0.5, 0.6) is 0 Å². The Bertz CT molecular complexity index is 1220. The van der Waals surface area contributed by atoms with Gasteiger partial charge in [-0.05, 0) is 59.4 Å². The number of allylic oxidation sites excluding steroid dienone is 1. The molecular formula is C27H24N2O2S. The molecular weight excluding hydrogens is 416 g/mol. The van der Waals surface area contributed by atoms with E-state index in [1.165, 1.54) is 16.7 Å². The maximum absolute atomic E-state index is 13.2. The van der Waals surface area contributed by atoms with Gasteiger partial charge in [-0.15, -0.1) is 11.8 Å². The highest BCUT2D eigenvalue weighted by molar-refractivity contribution is 7.99. The first kappa shape index (κ1) is 20.6. The molecule has 0 spiro atoms. The molecule has 32 heavy (non-hydrogen) atoms. The van der Waals surface area contributed by atoms with Gasteiger partial charge in [-0.2, -0.15) is 0 Å². The molecule has 0 fully saturated rings. The Labute approximate surface area is 192 Å². The Hall–Kier alpha value is -3.31. The van der Waals surface area contributed by atoms with Crippen molar-refractivity contribution in [2.45, 2.75) is 23.8 Å². The van der Waals surface area contributed by atoms with Crippen LogP contribution >= 0.6 is 11.8 Å². The van der Waals surface area contributed by atoms with Crippen molar-refractivity contribution in [3.63, 3.8) is 0 Å². The summed E-state index contributed by atoms with van der Waals surface area (Å²) in [6.07, 6.45) is 5.94. The summed E-state index contributed by atoms with van der Waals surface area (Å²) >= 11 is 1.63. The van der Waals surface area contributed by atoms with E-state index >= 15 is 0 Å². The Balaban J connectivity index is 1.32. The summed E-state index contributed by atoms with van der Waals surface area (Å²) in [5.74, 6) is 0.202. The van der Waals surface area contributed by atoms with E-state index in [0.717, 1.165) is 29.0 Å². The predicted molar refractivity (Wildman–Crippen MR) is 130 cm³/mol. The van der Waals surface area contributed by atoms with Gasteiger partial charge >= 0.3 is 0 Å². The lowest BCUT2D eigenvalue weighted by Crippen LogP contribution is -2.48. The molecule has 0 unspecified atom stereocenters. The monoisotopic (exact) mass is 440 g/mol. The zero-order valence-electron chi connectivity index (χ0n) is 17.9. The van der Waals surface area contributed by atoms with Crippen LogP contribution in [0.3, 0.4) is 0 Å². The van der Waals surface area contributed by atoms with Crippen molar-refractivity contribution in [1.82, 2.24) is 5.32 Å². The van der Waals surface area contributed by atoms with Gasteiger partial charge in [0.25, 0.3) is 5.91 Å². The fraction of sp³-hybridized carbons (Fsp3) is 0.185. The number of nitrogens with zero attached hydrogens (tertiary/aromatic N) is 1. The van der Waals surface area contributed by atoms with Gasteiger partial charge < -0.3 is 10.2 Å². The van der Waals surface area contributed by atoms with Gasteiger partial charge in [0.05, 0.1) is 5.69 Å². The summed E-state index contributed by atoms with van der Waals surface area (Å²) in [5.41, 5.74) is 6.20. The zero-order valence-corrected chi connectivity index (χ0v) is 18.7. The Morgan fingerprint density at radius 1 is 1.06 bits per heavy atom. The summed E-state index contributed by atoms with van der Waals surface area (Å²) in [4.78, 5) is 28.9. The van der Waals surface area contributed by atoms with Gasteiger partial charge in [0.2, 0.25) is 5.91 Å². The van der Waals surface area contributed by atoms with Crippen LogP contribution < -0.4 is 10.2 Å². The zero-order chi connectivity index (χ0) is 22.1. The van der Waals surface area contributed by atoms with Gasteiger partial charge in [0, 0.05) is 23.3 Å². The first-order valence-corrected chi connectivity index (χ1v) is 11.7. The van der Waals surface area contributed by atoms with Crippen molar-refractivity contribution in [1.29, 1.82) is 0 Å². The number of rotatable bonds is 4. The first-order valence-electron chi connectivity index (χ1n) is 10.8. The summed E-state index contributed by atoms with van der Waals surface area (Å²) < 4.78 is 0. The molecule has 0 aromatic heterocycles. The average Bonchev–Trinajstić information content (AvgIpc) is 3.24. The molecule has 3 aromatic carbocycles. The summed E-state index contributed by atoms with van der Waals surface area (Å²) in [7, 11) is 1.79. The third kappa shape index (κ3) is 4.08. The summed E-state index contributed by atoms with van der Waals surface area (Å²) in [6.45, 7) is 0. The minimum atomic E-state index is -0.576. The minimum Gasteiger partial charge on any atom is -0.339 e. The lowest BCUT2D eigenvalue weighted by Gasteiger charge is -2.22. The number of hydrogen-bond donors (Lipinski definition) is 1. The van der Waals surface area contributed by atoms with Crippen molar-refractivity contribution in [3.8, 4) is 0 Å². The van der Waals surface area contributed by atoms with Crippen LogP contribution in [0.25, 0.3) is 6.08 Å². The number of carbonyl (C=O) groups excluding carboxylic acids is 2. The van der Waals surface area contributed by atoms with E-state index in [9.17, 15) is 9.59 Å². The molecule has 1 N–H and O–H groups in total. The molecule has 4 nitrogen and oxygen atoms in total. The number of fused-ring (bicyclic) bond motifs is 2. The fourth-order valence-corrected chi connectivity index (χ4v) is 5.39. The van der Waals surface area contributed by atoms with E-state index in [0.29, 0.717) is 11.3 Å². The van der Waals surface area contributed by atoms with E-state index < -0.39 is 6.04 Å². The second-order valence-corrected chi connectivity index (χ2v) is 9.28. The van der Waals surface area contributed by atoms with Crippen LogP contribution in [-0.4, -0.2) is 30.7 Å². The van der Waals surface area contributed by atoms with E-state index in [1.54, 1.807) is 29.8 Å². The molecule has 2 amide bonds. The van der Waals surface area contributed by atoms with Crippen LogP contribution in [0.1, 0.15) is 32.6 Å². The van der Waals surface area contributed by atoms with E-state index in [2.05, 4.69) is 41.7 Å². The van der Waals surface area contributed by atoms with Crippen LogP contribution in [0.2, 0.25) is 0 Å². The smallest absolute Gasteiger partial charge is 0.251 e. The molecule has 3 aromatic rings. The lowest BCUT2D eigenvalue weighted by molar-refractivity contribution is -0.119. The summed E-state index contributed by atoms with van der Waals surface area (Å²) in [6, 6.07) is 21.5. The van der Waals surface area contributed by atoms with Crippen molar-refractivity contribution in [2.75, 3.05) is 17.7 Å². The molecule has 1 aliphatic carbocycles. The number of thioether (sulfide) groups is 1. The van der Waals surface area contributed by atoms with Crippen LogP contribution in [0.4, 0.5) is 5.69 Å². The molecule has 0 saturated heterocycles. The number of likely N-dealkylation sites (N-methyl/N-ethyl adjacent to an activating group) is 1. The van der Waals surface area contributed by atoms with Crippen LogP contribution in [-0.2, 0) is 17.6 Å². The van der Waals surface area contributed by atoms with E-state index in [-0.39, 0.29) is 11.8 Å². The van der Waals surface area contributed by atoms with Gasteiger partial charge in [0.1, 0.15) is 6.04 Å². The van der Waals surface area contributed by atoms with Gasteiger partial charge in [0.15, 0.2) is 0 Å². The topological polar surface area (TPSA) is 49.4 Å². The first-order chi connectivity index (χ1) is 15.6. The van der Waals surface area contributed by atoms with Gasteiger partial charge in [-0.3, -0.25) is 9.59 Å². The predicted octanol–water partition coefficient (Wildman–Crippen LogP) is 4.71. The van der Waals surface area contributed by atoms with E-state index in [4.69, 9.17) is 0 Å². The van der Waals surface area contributed by atoms with Crippen LogP contribution in [0.15, 0.2) is 77.7 Å². The summed E-state index contributed by atoms with van der Waals surface area (Å²) in [5, 5.41) is 2.97. The third-order valence-corrected chi connectivity index (χ3v) is 7.14. The van der Waals surface area contributed by atoms with Crippen molar-refractivity contribution < 1.29 is 9.59 Å². The molecule has 0 radical (unpaired) electrons. The number of hydrogen-bond acceptors (Lipinski definition) is 3. The second kappa shape index (κ2) is 8.67. The maximum atomic E-state index is 13.2. The minimum absolute atomic E-state index is 0.0908. The highest BCUT2D eigenvalue weighted by Gasteiger charge is 2.31. The lowest BCUT2D eigenvalue weighted by atomic mass is 10.0. The second-order valence-electron chi connectivity index (χ2n) is 8.22. The Morgan fingerprint density at radius 3 is 2.72 bits per heavy atom. The van der Waals surface area contributed by atoms with Gasteiger partial charge in [-0.25, -0.2) is 0 Å². The molecule has 5 rings (SSSR count). The maximum Gasteiger partial charge on any atom is 0.251 e.